The summed E-state index contributed by atoms with van der Waals surface area (Å²) in [6.45, 7) is 1.94. The molecule has 0 radical (unpaired) electrons. The Kier molecular flexibility index (Phi) is 5.32. The van der Waals surface area contributed by atoms with Gasteiger partial charge in [-0.2, -0.15) is 0 Å². The monoisotopic (exact) mass is 455 g/mol. The van der Waals surface area contributed by atoms with Gasteiger partial charge in [0.1, 0.15) is 23.6 Å². The number of ether oxygens (including phenoxy) is 1. The van der Waals surface area contributed by atoms with Crippen LogP contribution in [0.2, 0.25) is 0 Å². The second kappa shape index (κ2) is 8.31. The fourth-order valence-electron chi connectivity index (χ4n) is 4.26. The van der Waals surface area contributed by atoms with E-state index in [0.29, 0.717) is 40.9 Å². The first-order valence-corrected chi connectivity index (χ1v) is 10.5. The number of amides is 1. The molecule has 170 valence electrons. The van der Waals surface area contributed by atoms with Crippen molar-refractivity contribution >= 4 is 17.0 Å². The lowest BCUT2D eigenvalue weighted by atomic mass is 9.75. The summed E-state index contributed by atoms with van der Waals surface area (Å²) in [5.74, 6) is -1.34. The number of aryl methyl sites for hydroxylation is 1. The highest BCUT2D eigenvalue weighted by Crippen LogP contribution is 2.46. The van der Waals surface area contributed by atoms with Crippen molar-refractivity contribution in [2.45, 2.75) is 38.3 Å². The summed E-state index contributed by atoms with van der Waals surface area (Å²) in [4.78, 5) is 15.1. The number of aromatic nitrogens is 2. The molecule has 0 aliphatic heterocycles. The molecular formula is C24H20F3N3O3. The molecule has 2 N–H and O–H groups in total. The Morgan fingerprint density at radius 1 is 1.15 bits per heavy atom. The van der Waals surface area contributed by atoms with Crippen molar-refractivity contribution in [1.82, 2.24) is 15.5 Å². The molecule has 1 aliphatic carbocycles. The number of carbonyl (C=O) groups is 1. The Hall–Kier alpha value is -3.75. The summed E-state index contributed by atoms with van der Waals surface area (Å²) in [5, 5.41) is 6.80. The lowest BCUT2D eigenvalue weighted by Gasteiger charge is -2.35. The van der Waals surface area contributed by atoms with E-state index < -0.39 is 23.5 Å². The van der Waals surface area contributed by atoms with E-state index in [2.05, 4.69) is 15.5 Å². The SMILES string of the molecule is Cc1cc(CNC(=O)OC2CC(c3c(-c4ccc(F)cc4)[nH]c4c(F)cc(F)cc34)C2)on1. The zero-order valence-electron chi connectivity index (χ0n) is 17.6. The Morgan fingerprint density at radius 3 is 2.61 bits per heavy atom. The molecule has 1 aliphatic rings. The number of hydrogen-bond donors (Lipinski definition) is 2. The van der Waals surface area contributed by atoms with Crippen molar-refractivity contribution in [3.8, 4) is 11.3 Å². The molecule has 6 nitrogen and oxygen atoms in total. The zero-order chi connectivity index (χ0) is 23.1. The zero-order valence-corrected chi connectivity index (χ0v) is 17.6. The van der Waals surface area contributed by atoms with E-state index >= 15 is 0 Å². The van der Waals surface area contributed by atoms with Crippen molar-refractivity contribution in [3.05, 3.63) is 76.9 Å². The number of H-pyrrole nitrogens is 1. The van der Waals surface area contributed by atoms with Gasteiger partial charge in [0.05, 0.1) is 23.4 Å². The highest BCUT2D eigenvalue weighted by molar-refractivity contribution is 5.92. The van der Waals surface area contributed by atoms with Crippen molar-refractivity contribution < 1.29 is 27.2 Å². The van der Waals surface area contributed by atoms with Crippen LogP contribution in [0.3, 0.4) is 0 Å². The minimum absolute atomic E-state index is 0.0882. The number of aromatic amines is 1. The lowest BCUT2D eigenvalue weighted by Crippen LogP contribution is -2.36. The molecule has 0 spiro atoms. The molecule has 0 bridgehead atoms. The molecule has 9 heteroatoms. The summed E-state index contributed by atoms with van der Waals surface area (Å²) in [7, 11) is 0. The minimum Gasteiger partial charge on any atom is -0.446 e. The number of rotatable bonds is 5. The smallest absolute Gasteiger partial charge is 0.407 e. The van der Waals surface area contributed by atoms with Gasteiger partial charge in [0, 0.05) is 17.5 Å². The van der Waals surface area contributed by atoms with Gasteiger partial charge in [-0.05, 0) is 67.1 Å². The number of carbonyl (C=O) groups excluding carboxylic acids is 1. The highest BCUT2D eigenvalue weighted by atomic mass is 19.1. The Morgan fingerprint density at radius 2 is 1.91 bits per heavy atom. The molecule has 4 aromatic rings. The first-order chi connectivity index (χ1) is 15.9. The van der Waals surface area contributed by atoms with Gasteiger partial charge in [-0.1, -0.05) is 5.16 Å². The Bertz CT molecular complexity index is 1320. The summed E-state index contributed by atoms with van der Waals surface area (Å²) in [6, 6.07) is 9.63. The second-order valence-corrected chi connectivity index (χ2v) is 8.21. The van der Waals surface area contributed by atoms with Gasteiger partial charge < -0.3 is 19.6 Å². The van der Waals surface area contributed by atoms with E-state index in [1.807, 2.05) is 0 Å². The number of alkyl carbamates (subject to hydrolysis) is 1. The maximum atomic E-state index is 14.5. The maximum Gasteiger partial charge on any atom is 0.407 e. The van der Waals surface area contributed by atoms with Crippen LogP contribution in [-0.4, -0.2) is 22.3 Å². The van der Waals surface area contributed by atoms with Gasteiger partial charge in [-0.3, -0.25) is 0 Å². The number of fused-ring (bicyclic) bond motifs is 1. The standard InChI is InChI=1S/C24H20F3N3O3/c1-12-6-18(33-30-12)11-28-24(31)32-17-7-14(8-17)21-19-9-16(26)10-20(27)23(19)29-22(21)13-2-4-15(25)5-3-13/h2-6,9-10,14,17,29H,7-8,11H2,1H3,(H,28,31). The summed E-state index contributed by atoms with van der Waals surface area (Å²) < 4.78 is 52.4. The third-order valence-electron chi connectivity index (χ3n) is 5.86. The van der Waals surface area contributed by atoms with Crippen LogP contribution >= 0.6 is 0 Å². The van der Waals surface area contributed by atoms with Gasteiger partial charge in [0.15, 0.2) is 5.76 Å². The molecule has 0 unspecified atom stereocenters. The van der Waals surface area contributed by atoms with Gasteiger partial charge in [-0.15, -0.1) is 0 Å². The lowest BCUT2D eigenvalue weighted by molar-refractivity contribution is 0.0393. The van der Waals surface area contributed by atoms with Crippen LogP contribution in [-0.2, 0) is 11.3 Å². The highest BCUT2D eigenvalue weighted by Gasteiger charge is 2.37. The van der Waals surface area contributed by atoms with Gasteiger partial charge in [0.25, 0.3) is 0 Å². The molecule has 5 rings (SSSR count). The van der Waals surface area contributed by atoms with E-state index in [0.717, 1.165) is 11.6 Å². The van der Waals surface area contributed by atoms with E-state index in [9.17, 15) is 18.0 Å². The fraction of sp³-hybridized carbons (Fsp3) is 0.250. The van der Waals surface area contributed by atoms with Crippen molar-refractivity contribution in [2.24, 2.45) is 0 Å². The normalized spacial score (nSPS) is 17.7. The Labute approximate surface area is 186 Å². The average molecular weight is 455 g/mol. The largest absolute Gasteiger partial charge is 0.446 e. The first-order valence-electron chi connectivity index (χ1n) is 10.5. The molecule has 2 aromatic carbocycles. The fourth-order valence-corrected chi connectivity index (χ4v) is 4.26. The quantitative estimate of drug-likeness (QED) is 0.403. The number of hydrogen-bond acceptors (Lipinski definition) is 4. The van der Waals surface area contributed by atoms with E-state index in [-0.39, 0.29) is 24.1 Å². The van der Waals surface area contributed by atoms with E-state index in [1.165, 1.54) is 18.2 Å². The summed E-state index contributed by atoms with van der Waals surface area (Å²) in [5.41, 5.74) is 2.89. The molecule has 2 aromatic heterocycles. The van der Waals surface area contributed by atoms with Crippen LogP contribution in [0, 0.1) is 24.4 Å². The topological polar surface area (TPSA) is 80.1 Å². The molecule has 2 heterocycles. The van der Waals surface area contributed by atoms with Gasteiger partial charge in [0.2, 0.25) is 0 Å². The van der Waals surface area contributed by atoms with Crippen LogP contribution in [0.15, 0.2) is 47.0 Å². The summed E-state index contributed by atoms with van der Waals surface area (Å²) >= 11 is 0. The predicted octanol–water partition coefficient (Wildman–Crippen LogP) is 5.72. The molecule has 33 heavy (non-hydrogen) atoms. The van der Waals surface area contributed by atoms with Crippen LogP contribution in [0.1, 0.15) is 35.8 Å². The van der Waals surface area contributed by atoms with Crippen LogP contribution in [0.4, 0.5) is 18.0 Å². The second-order valence-electron chi connectivity index (χ2n) is 8.21. The molecule has 1 saturated carbocycles. The van der Waals surface area contributed by atoms with Crippen LogP contribution < -0.4 is 5.32 Å². The molecule has 1 fully saturated rings. The van der Waals surface area contributed by atoms with E-state index in [1.54, 1.807) is 25.1 Å². The molecular weight excluding hydrogens is 435 g/mol. The van der Waals surface area contributed by atoms with Crippen LogP contribution in [0.25, 0.3) is 22.2 Å². The van der Waals surface area contributed by atoms with Crippen LogP contribution in [0.5, 0.6) is 0 Å². The van der Waals surface area contributed by atoms with Crippen molar-refractivity contribution in [3.63, 3.8) is 0 Å². The minimum atomic E-state index is -0.700. The predicted molar refractivity (Wildman–Crippen MR) is 114 cm³/mol. The number of benzene rings is 2. The first kappa shape index (κ1) is 21.1. The maximum absolute atomic E-state index is 14.5. The van der Waals surface area contributed by atoms with Crippen molar-refractivity contribution in [1.29, 1.82) is 0 Å². The summed E-state index contributed by atoms with van der Waals surface area (Å²) in [6.07, 6.45) is 0.0700. The Balaban J connectivity index is 1.34. The number of halogens is 3. The molecule has 0 saturated heterocycles. The number of nitrogens with zero attached hydrogens (tertiary/aromatic N) is 1. The average Bonchev–Trinajstić information content (AvgIpc) is 3.33. The van der Waals surface area contributed by atoms with Gasteiger partial charge >= 0.3 is 6.09 Å². The van der Waals surface area contributed by atoms with Gasteiger partial charge in [-0.25, -0.2) is 18.0 Å². The third kappa shape index (κ3) is 4.18. The van der Waals surface area contributed by atoms with Crippen molar-refractivity contribution in [2.75, 3.05) is 0 Å². The molecule has 1 amide bonds. The number of nitrogens with one attached hydrogen (secondary N) is 2. The third-order valence-corrected chi connectivity index (χ3v) is 5.86. The van der Waals surface area contributed by atoms with E-state index in [4.69, 9.17) is 9.26 Å². The molecule has 0 atom stereocenters.